The van der Waals surface area contributed by atoms with Gasteiger partial charge in [-0.05, 0) is 25.7 Å². The van der Waals surface area contributed by atoms with Gasteiger partial charge in [0.15, 0.2) is 0 Å². The van der Waals surface area contributed by atoms with E-state index in [-0.39, 0.29) is 0 Å². The van der Waals surface area contributed by atoms with Crippen molar-refractivity contribution in [2.75, 3.05) is 0 Å². The van der Waals surface area contributed by atoms with Crippen molar-refractivity contribution >= 4 is 5.97 Å². The molecule has 0 spiro atoms. The van der Waals surface area contributed by atoms with Crippen molar-refractivity contribution in [1.82, 2.24) is 0 Å². The third kappa shape index (κ3) is 4.62. The van der Waals surface area contributed by atoms with Crippen LogP contribution in [0, 0.1) is 0 Å². The highest BCUT2D eigenvalue weighted by Gasteiger charge is 2.22. The van der Waals surface area contributed by atoms with Crippen LogP contribution in [-0.4, -0.2) is 17.4 Å². The standard InChI is InChI=1S/C13H20O3/c1-2-3-4-5-6-7-8-9-11-10-12(14)16-13(11)15/h2,10,13,15H,1,3-9H2. The van der Waals surface area contributed by atoms with E-state index in [0.29, 0.717) is 0 Å². The Morgan fingerprint density at radius 2 is 2.00 bits per heavy atom. The Hall–Kier alpha value is -1.09. The van der Waals surface area contributed by atoms with Crippen molar-refractivity contribution in [2.45, 2.75) is 51.2 Å². The maximum Gasteiger partial charge on any atom is 0.333 e. The monoisotopic (exact) mass is 224 g/mol. The topological polar surface area (TPSA) is 46.5 Å². The molecule has 1 aliphatic rings. The molecule has 0 aromatic rings. The number of hydrogen-bond acceptors (Lipinski definition) is 3. The minimum Gasteiger partial charge on any atom is -0.429 e. The summed E-state index contributed by atoms with van der Waals surface area (Å²) in [6, 6.07) is 0. The number of carbonyl (C=O) groups excluding carboxylic acids is 1. The lowest BCUT2D eigenvalue weighted by molar-refractivity contribution is -0.151. The van der Waals surface area contributed by atoms with Crippen LogP contribution in [0.15, 0.2) is 24.3 Å². The number of hydrogen-bond donors (Lipinski definition) is 1. The quantitative estimate of drug-likeness (QED) is 0.392. The molecular formula is C13H20O3. The maximum absolute atomic E-state index is 10.8. The number of unbranched alkanes of at least 4 members (excludes halogenated alkanes) is 5. The van der Waals surface area contributed by atoms with Crippen LogP contribution in [0.1, 0.15) is 44.9 Å². The van der Waals surface area contributed by atoms with Gasteiger partial charge in [0.1, 0.15) is 0 Å². The molecule has 1 aliphatic heterocycles. The molecule has 90 valence electrons. The van der Waals surface area contributed by atoms with Crippen LogP contribution in [0.2, 0.25) is 0 Å². The van der Waals surface area contributed by atoms with Crippen LogP contribution < -0.4 is 0 Å². The maximum atomic E-state index is 10.8. The Morgan fingerprint density at radius 3 is 2.62 bits per heavy atom. The van der Waals surface area contributed by atoms with Gasteiger partial charge < -0.3 is 9.84 Å². The fourth-order valence-electron chi connectivity index (χ4n) is 1.79. The molecule has 1 rings (SSSR count). The molecule has 0 amide bonds. The molecule has 1 unspecified atom stereocenters. The molecule has 0 radical (unpaired) electrons. The van der Waals surface area contributed by atoms with E-state index in [1.807, 2.05) is 6.08 Å². The van der Waals surface area contributed by atoms with E-state index in [2.05, 4.69) is 11.3 Å². The number of esters is 1. The first-order valence-corrected chi connectivity index (χ1v) is 5.94. The first-order chi connectivity index (χ1) is 7.74. The molecular weight excluding hydrogens is 204 g/mol. The summed E-state index contributed by atoms with van der Waals surface area (Å²) in [5.74, 6) is -0.423. The first-order valence-electron chi connectivity index (χ1n) is 5.94. The molecule has 0 aromatic heterocycles. The number of cyclic esters (lactones) is 1. The normalized spacial score (nSPS) is 19.4. The van der Waals surface area contributed by atoms with Crippen LogP contribution >= 0.6 is 0 Å². The lowest BCUT2D eigenvalue weighted by Crippen LogP contribution is -2.09. The minimum absolute atomic E-state index is 0.423. The third-order valence-corrected chi connectivity index (χ3v) is 2.72. The molecule has 0 saturated carbocycles. The predicted molar refractivity (Wildman–Crippen MR) is 62.7 cm³/mol. The zero-order chi connectivity index (χ0) is 11.8. The Bertz CT molecular complexity index is 268. The summed E-state index contributed by atoms with van der Waals surface area (Å²) in [6.07, 6.45) is 9.98. The van der Waals surface area contributed by atoms with Crippen LogP contribution in [0.3, 0.4) is 0 Å². The van der Waals surface area contributed by atoms with Gasteiger partial charge in [0.25, 0.3) is 0 Å². The summed E-state index contributed by atoms with van der Waals surface area (Å²) >= 11 is 0. The summed E-state index contributed by atoms with van der Waals surface area (Å²) in [5, 5.41) is 9.31. The van der Waals surface area contributed by atoms with Gasteiger partial charge in [-0.1, -0.05) is 25.3 Å². The molecule has 0 fully saturated rings. The van der Waals surface area contributed by atoms with E-state index in [9.17, 15) is 9.90 Å². The molecule has 1 atom stereocenters. The molecule has 0 bridgehead atoms. The lowest BCUT2D eigenvalue weighted by atomic mass is 10.1. The number of allylic oxidation sites excluding steroid dienone is 1. The van der Waals surface area contributed by atoms with E-state index in [4.69, 9.17) is 0 Å². The average Bonchev–Trinajstić information content (AvgIpc) is 2.56. The van der Waals surface area contributed by atoms with E-state index < -0.39 is 12.3 Å². The van der Waals surface area contributed by atoms with Crippen LogP contribution in [0.4, 0.5) is 0 Å². The van der Waals surface area contributed by atoms with Crippen LogP contribution in [0.5, 0.6) is 0 Å². The summed E-state index contributed by atoms with van der Waals surface area (Å²) in [5.41, 5.74) is 0.719. The average molecular weight is 224 g/mol. The van der Waals surface area contributed by atoms with Gasteiger partial charge in [-0.3, -0.25) is 0 Å². The van der Waals surface area contributed by atoms with Crippen molar-refractivity contribution in [1.29, 1.82) is 0 Å². The minimum atomic E-state index is -0.992. The fraction of sp³-hybridized carbons (Fsp3) is 0.615. The lowest BCUT2D eigenvalue weighted by Gasteiger charge is -2.06. The summed E-state index contributed by atoms with van der Waals surface area (Å²) < 4.78 is 4.60. The molecule has 0 aromatic carbocycles. The number of aliphatic hydroxyl groups is 1. The van der Waals surface area contributed by atoms with Crippen molar-refractivity contribution in [2.24, 2.45) is 0 Å². The van der Waals surface area contributed by atoms with Crippen molar-refractivity contribution in [3.63, 3.8) is 0 Å². The van der Waals surface area contributed by atoms with Gasteiger partial charge in [-0.25, -0.2) is 4.79 Å². The van der Waals surface area contributed by atoms with Gasteiger partial charge >= 0.3 is 5.97 Å². The van der Waals surface area contributed by atoms with E-state index in [1.54, 1.807) is 0 Å². The molecule has 1 heterocycles. The molecule has 3 heteroatoms. The van der Waals surface area contributed by atoms with E-state index in [1.165, 1.54) is 25.3 Å². The highest BCUT2D eigenvalue weighted by atomic mass is 16.6. The smallest absolute Gasteiger partial charge is 0.333 e. The van der Waals surface area contributed by atoms with Crippen LogP contribution in [-0.2, 0) is 9.53 Å². The first kappa shape index (κ1) is 13.0. The predicted octanol–water partition coefficient (Wildman–Crippen LogP) is 2.70. The number of rotatable bonds is 8. The molecule has 3 nitrogen and oxygen atoms in total. The number of aliphatic hydroxyl groups excluding tert-OH is 1. The highest BCUT2D eigenvalue weighted by Crippen LogP contribution is 2.20. The van der Waals surface area contributed by atoms with E-state index >= 15 is 0 Å². The van der Waals surface area contributed by atoms with Gasteiger partial charge in [-0.15, -0.1) is 6.58 Å². The number of ether oxygens (including phenoxy) is 1. The molecule has 0 aliphatic carbocycles. The van der Waals surface area contributed by atoms with E-state index in [0.717, 1.165) is 31.3 Å². The van der Waals surface area contributed by atoms with Gasteiger partial charge in [0.05, 0.1) is 0 Å². The second kappa shape index (κ2) is 7.23. The number of carbonyl (C=O) groups is 1. The largest absolute Gasteiger partial charge is 0.429 e. The Kier molecular flexibility index (Phi) is 5.86. The molecule has 16 heavy (non-hydrogen) atoms. The second-order valence-corrected chi connectivity index (χ2v) is 4.10. The summed E-state index contributed by atoms with van der Waals surface area (Å²) in [4.78, 5) is 10.8. The highest BCUT2D eigenvalue weighted by molar-refractivity contribution is 5.85. The summed E-state index contributed by atoms with van der Waals surface area (Å²) in [7, 11) is 0. The Balaban J connectivity index is 2.01. The van der Waals surface area contributed by atoms with Crippen LogP contribution in [0.25, 0.3) is 0 Å². The van der Waals surface area contributed by atoms with Crippen molar-refractivity contribution in [3.8, 4) is 0 Å². The Labute approximate surface area is 96.8 Å². The summed E-state index contributed by atoms with van der Waals surface area (Å²) in [6.45, 7) is 3.68. The van der Waals surface area contributed by atoms with Gasteiger partial charge in [0.2, 0.25) is 6.29 Å². The SMILES string of the molecule is C=CCCCCCCCC1=CC(=O)OC1O. The third-order valence-electron chi connectivity index (χ3n) is 2.72. The Morgan fingerprint density at radius 1 is 1.31 bits per heavy atom. The second-order valence-electron chi connectivity index (χ2n) is 4.10. The van der Waals surface area contributed by atoms with Gasteiger partial charge in [0, 0.05) is 11.6 Å². The zero-order valence-corrected chi connectivity index (χ0v) is 9.65. The molecule has 1 N–H and O–H groups in total. The van der Waals surface area contributed by atoms with Crippen molar-refractivity contribution in [3.05, 3.63) is 24.3 Å². The fourth-order valence-corrected chi connectivity index (χ4v) is 1.79. The van der Waals surface area contributed by atoms with Gasteiger partial charge in [-0.2, -0.15) is 0 Å². The zero-order valence-electron chi connectivity index (χ0n) is 9.65. The molecule has 0 saturated heterocycles. The van der Waals surface area contributed by atoms with Crippen molar-refractivity contribution < 1.29 is 14.6 Å².